The summed E-state index contributed by atoms with van der Waals surface area (Å²) in [6, 6.07) is 9.98. The first kappa shape index (κ1) is 19.4. The molecule has 0 aliphatic carbocycles. The maximum Gasteiger partial charge on any atom is 0.141 e. The topological polar surface area (TPSA) is 36.9 Å². The molecular formula is C20H23Br2N3O. The van der Waals surface area contributed by atoms with Crippen molar-refractivity contribution in [1.82, 2.24) is 10.4 Å². The maximum atomic E-state index is 6.09. The zero-order valence-corrected chi connectivity index (χ0v) is 18.2. The first-order chi connectivity index (χ1) is 12.5. The lowest BCUT2D eigenvalue weighted by molar-refractivity contribution is 0.197. The smallest absolute Gasteiger partial charge is 0.141 e. The molecule has 0 atom stereocenters. The maximum absolute atomic E-state index is 6.09. The fraction of sp³-hybridized carbons (Fsp3) is 0.350. The van der Waals surface area contributed by atoms with Gasteiger partial charge in [0.2, 0.25) is 0 Å². The fourth-order valence-corrected chi connectivity index (χ4v) is 4.03. The van der Waals surface area contributed by atoms with E-state index in [4.69, 9.17) is 4.74 Å². The van der Waals surface area contributed by atoms with Crippen molar-refractivity contribution in [2.45, 2.75) is 33.1 Å². The zero-order valence-electron chi connectivity index (χ0n) is 15.1. The Hall–Kier alpha value is -1.37. The Morgan fingerprint density at radius 3 is 2.50 bits per heavy atom. The summed E-state index contributed by atoms with van der Waals surface area (Å²) in [5, 5.41) is 2.22. The molecule has 3 rings (SSSR count). The lowest BCUT2D eigenvalue weighted by Crippen LogP contribution is -2.40. The summed E-state index contributed by atoms with van der Waals surface area (Å²) in [5.41, 5.74) is 6.37. The average Bonchev–Trinajstić information content (AvgIpc) is 2.62. The molecule has 1 heterocycles. The summed E-state index contributed by atoms with van der Waals surface area (Å²) in [6.07, 6.45) is 5.61. The van der Waals surface area contributed by atoms with Crippen molar-refractivity contribution in [1.29, 1.82) is 0 Å². The number of nitrogens with one attached hydrogen (secondary N) is 1. The molecule has 0 bridgehead atoms. The van der Waals surface area contributed by atoms with Crippen molar-refractivity contribution in [3.63, 3.8) is 0 Å². The lowest BCUT2D eigenvalue weighted by Gasteiger charge is -2.25. The van der Waals surface area contributed by atoms with Crippen molar-refractivity contribution in [2.24, 2.45) is 4.99 Å². The molecule has 4 nitrogen and oxygen atoms in total. The number of ether oxygens (including phenoxy) is 1. The number of hydrogen-bond acceptors (Lipinski definition) is 3. The van der Waals surface area contributed by atoms with E-state index in [9.17, 15) is 0 Å². The number of hydrogen-bond donors (Lipinski definition) is 1. The molecule has 1 saturated heterocycles. The molecule has 0 radical (unpaired) electrons. The van der Waals surface area contributed by atoms with Gasteiger partial charge in [0.15, 0.2) is 0 Å². The van der Waals surface area contributed by atoms with E-state index in [0.717, 1.165) is 50.3 Å². The third-order valence-corrected chi connectivity index (χ3v) is 5.52. The van der Waals surface area contributed by atoms with Crippen LogP contribution in [0.25, 0.3) is 0 Å². The molecule has 6 heteroatoms. The Balaban J connectivity index is 1.71. The molecule has 0 aromatic heterocycles. The third kappa shape index (κ3) is 5.09. The highest BCUT2D eigenvalue weighted by Gasteiger charge is 2.10. The second-order valence-corrected chi connectivity index (χ2v) is 8.29. The van der Waals surface area contributed by atoms with Crippen LogP contribution in [-0.2, 0) is 0 Å². The second kappa shape index (κ2) is 9.02. The van der Waals surface area contributed by atoms with Crippen LogP contribution >= 0.6 is 31.9 Å². The number of rotatable bonds is 5. The molecule has 2 aromatic rings. The van der Waals surface area contributed by atoms with E-state index < -0.39 is 0 Å². The molecule has 0 spiro atoms. The average molecular weight is 481 g/mol. The predicted octanol–water partition coefficient (Wildman–Crippen LogP) is 6.27. The molecule has 1 aliphatic rings. The summed E-state index contributed by atoms with van der Waals surface area (Å²) in [7, 11) is 0. The summed E-state index contributed by atoms with van der Waals surface area (Å²) >= 11 is 7.00. The number of hydrazine groups is 1. The van der Waals surface area contributed by atoms with Crippen molar-refractivity contribution in [3.05, 3.63) is 50.4 Å². The molecule has 0 unspecified atom stereocenters. The van der Waals surface area contributed by atoms with Crippen molar-refractivity contribution >= 4 is 43.9 Å². The van der Waals surface area contributed by atoms with Gasteiger partial charge in [0, 0.05) is 17.6 Å². The number of benzene rings is 2. The Labute approximate surface area is 171 Å². The number of piperidine rings is 1. The molecular weight excluding hydrogens is 458 g/mol. The number of nitrogens with zero attached hydrogens (tertiary/aromatic N) is 2. The largest absolute Gasteiger partial charge is 0.456 e. The van der Waals surface area contributed by atoms with Crippen molar-refractivity contribution < 1.29 is 4.74 Å². The van der Waals surface area contributed by atoms with Gasteiger partial charge in [-0.15, -0.1) is 0 Å². The van der Waals surface area contributed by atoms with Gasteiger partial charge in [-0.25, -0.2) is 10.0 Å². The van der Waals surface area contributed by atoms with E-state index in [2.05, 4.69) is 60.3 Å². The van der Waals surface area contributed by atoms with Gasteiger partial charge in [-0.2, -0.15) is 0 Å². The van der Waals surface area contributed by atoms with E-state index in [0.29, 0.717) is 0 Å². The van der Waals surface area contributed by atoms with E-state index in [1.54, 1.807) is 6.34 Å². The van der Waals surface area contributed by atoms with Crippen LogP contribution in [0.4, 0.5) is 5.69 Å². The fourth-order valence-electron chi connectivity index (χ4n) is 2.90. The quantitative estimate of drug-likeness (QED) is 0.404. The third-order valence-electron chi connectivity index (χ3n) is 4.41. The van der Waals surface area contributed by atoms with Gasteiger partial charge in [-0.3, -0.25) is 0 Å². The summed E-state index contributed by atoms with van der Waals surface area (Å²) in [5.74, 6) is 1.63. The summed E-state index contributed by atoms with van der Waals surface area (Å²) in [4.78, 5) is 4.59. The molecule has 1 fully saturated rings. The molecule has 0 saturated carbocycles. The standard InChI is InChI=1S/C20H23Br2N3O/c1-14-11-20(26-19-7-6-16(21)12-17(19)22)15(2)10-18(14)23-13-24-25-8-4-3-5-9-25/h6-7,10-13H,3-5,8-9H2,1-2H3,(H,23,24). The van der Waals surface area contributed by atoms with Crippen LogP contribution in [0.5, 0.6) is 11.5 Å². The van der Waals surface area contributed by atoms with E-state index in [1.807, 2.05) is 31.2 Å². The normalized spacial score (nSPS) is 15.4. The summed E-state index contributed by atoms with van der Waals surface area (Å²) < 4.78 is 8.01. The summed E-state index contributed by atoms with van der Waals surface area (Å²) in [6.45, 7) is 6.26. The van der Waals surface area contributed by atoms with Gasteiger partial charge in [-0.1, -0.05) is 22.4 Å². The molecule has 26 heavy (non-hydrogen) atoms. The van der Waals surface area contributed by atoms with Gasteiger partial charge >= 0.3 is 0 Å². The van der Waals surface area contributed by atoms with Gasteiger partial charge in [0.25, 0.3) is 0 Å². The van der Waals surface area contributed by atoms with Crippen LogP contribution < -0.4 is 10.2 Å². The monoisotopic (exact) mass is 479 g/mol. The van der Waals surface area contributed by atoms with Crippen LogP contribution in [0.15, 0.2) is 44.3 Å². The van der Waals surface area contributed by atoms with Gasteiger partial charge in [0.1, 0.15) is 17.8 Å². The van der Waals surface area contributed by atoms with E-state index in [-0.39, 0.29) is 0 Å². The van der Waals surface area contributed by atoms with Crippen LogP contribution in [-0.4, -0.2) is 24.4 Å². The first-order valence-electron chi connectivity index (χ1n) is 8.81. The van der Waals surface area contributed by atoms with E-state index in [1.165, 1.54) is 19.3 Å². The van der Waals surface area contributed by atoms with Crippen LogP contribution in [0.2, 0.25) is 0 Å². The minimum absolute atomic E-state index is 0.790. The Kier molecular flexibility index (Phi) is 6.73. The highest BCUT2D eigenvalue weighted by atomic mass is 79.9. The number of halogens is 2. The number of aryl methyl sites for hydroxylation is 2. The molecule has 1 aliphatic heterocycles. The molecule has 1 N–H and O–H groups in total. The van der Waals surface area contributed by atoms with Gasteiger partial charge in [-0.05, 0) is 84.1 Å². The van der Waals surface area contributed by atoms with Crippen LogP contribution in [0.3, 0.4) is 0 Å². The Bertz CT molecular complexity index is 802. The zero-order chi connectivity index (χ0) is 18.5. The molecule has 2 aromatic carbocycles. The SMILES string of the molecule is Cc1cc(Oc2ccc(Br)cc2Br)c(C)cc1N=CNN1CCCCC1. The van der Waals surface area contributed by atoms with Crippen molar-refractivity contribution in [2.75, 3.05) is 13.1 Å². The highest BCUT2D eigenvalue weighted by Crippen LogP contribution is 2.35. The molecule has 138 valence electrons. The second-order valence-electron chi connectivity index (χ2n) is 6.52. The predicted molar refractivity (Wildman–Crippen MR) is 115 cm³/mol. The van der Waals surface area contributed by atoms with E-state index >= 15 is 0 Å². The highest BCUT2D eigenvalue weighted by molar-refractivity contribution is 9.11. The minimum atomic E-state index is 0.790. The van der Waals surface area contributed by atoms with Gasteiger partial charge < -0.3 is 10.2 Å². The van der Waals surface area contributed by atoms with Gasteiger partial charge in [0.05, 0.1) is 10.2 Å². The van der Waals surface area contributed by atoms with Crippen LogP contribution in [0.1, 0.15) is 30.4 Å². The van der Waals surface area contributed by atoms with Crippen molar-refractivity contribution in [3.8, 4) is 11.5 Å². The molecule has 0 amide bonds. The Morgan fingerprint density at radius 1 is 1.00 bits per heavy atom. The van der Waals surface area contributed by atoms with Crippen LogP contribution in [0, 0.1) is 13.8 Å². The minimum Gasteiger partial charge on any atom is -0.456 e. The number of aliphatic imine (C=N–C) groups is 1. The first-order valence-corrected chi connectivity index (χ1v) is 10.4. The lowest BCUT2D eigenvalue weighted by atomic mass is 10.1. The Morgan fingerprint density at radius 2 is 1.77 bits per heavy atom.